The SMILES string of the molecule is O.OC(F)F. The zero-order valence-corrected chi connectivity index (χ0v) is 2.28. The molecule has 34 valence electrons. The topological polar surface area (TPSA) is 51.7 Å². The molecule has 0 bridgehead atoms. The van der Waals surface area contributed by atoms with Gasteiger partial charge in [0.15, 0.2) is 0 Å². The second-order valence-corrected chi connectivity index (χ2v) is 0.278. The Balaban J connectivity index is 0. The fraction of sp³-hybridized carbons (Fsp3) is 1.00. The number of aliphatic hydroxyl groups is 1. The van der Waals surface area contributed by atoms with E-state index < -0.39 is 6.61 Å². The third-order valence-electron chi connectivity index (χ3n) is 0. The van der Waals surface area contributed by atoms with Gasteiger partial charge < -0.3 is 10.6 Å². The molecule has 0 spiro atoms. The van der Waals surface area contributed by atoms with E-state index in [1.165, 1.54) is 0 Å². The lowest BCUT2D eigenvalue weighted by atomic mass is 11.5. The van der Waals surface area contributed by atoms with Crippen LogP contribution in [0.3, 0.4) is 0 Å². The molecule has 0 saturated heterocycles. The lowest BCUT2D eigenvalue weighted by molar-refractivity contribution is -0.0728. The van der Waals surface area contributed by atoms with Crippen molar-refractivity contribution in [1.82, 2.24) is 0 Å². The monoisotopic (exact) mass is 86.0 g/mol. The van der Waals surface area contributed by atoms with E-state index in [-0.39, 0.29) is 5.48 Å². The first kappa shape index (κ1) is 8.84. The summed E-state index contributed by atoms with van der Waals surface area (Å²) in [5, 5.41) is 6.72. The van der Waals surface area contributed by atoms with E-state index in [1.54, 1.807) is 0 Å². The van der Waals surface area contributed by atoms with Gasteiger partial charge in [0.05, 0.1) is 0 Å². The second kappa shape index (κ2) is 3.78. The third kappa shape index (κ3) is 247. The van der Waals surface area contributed by atoms with Crippen LogP contribution in [-0.2, 0) is 0 Å². The Labute approximate surface area is 27.3 Å². The minimum Gasteiger partial charge on any atom is -0.412 e. The fourth-order valence-corrected chi connectivity index (χ4v) is 0. The summed E-state index contributed by atoms with van der Waals surface area (Å²) in [5.74, 6) is 0. The van der Waals surface area contributed by atoms with Crippen LogP contribution < -0.4 is 0 Å². The minimum atomic E-state index is -3.17. The normalized spacial score (nSPS) is 7.20. The van der Waals surface area contributed by atoms with Crippen molar-refractivity contribution < 1.29 is 19.4 Å². The molecule has 0 amide bonds. The quantitative estimate of drug-likeness (QED) is 0.419. The maximum absolute atomic E-state index is 9.89. The Morgan fingerprint density at radius 2 is 1.40 bits per heavy atom. The first-order valence-corrected chi connectivity index (χ1v) is 0.695. The third-order valence-corrected chi connectivity index (χ3v) is 0. The highest BCUT2D eigenvalue weighted by Gasteiger charge is 1.81. The molecule has 0 rings (SSSR count). The summed E-state index contributed by atoms with van der Waals surface area (Å²) in [5.41, 5.74) is 0. The summed E-state index contributed by atoms with van der Waals surface area (Å²) in [6.45, 7) is -3.17. The van der Waals surface area contributed by atoms with Crippen LogP contribution in [0.5, 0.6) is 0 Å². The highest BCUT2D eigenvalue weighted by atomic mass is 19.3. The van der Waals surface area contributed by atoms with Crippen LogP contribution in [0.1, 0.15) is 0 Å². The van der Waals surface area contributed by atoms with Gasteiger partial charge in [-0.2, -0.15) is 8.78 Å². The van der Waals surface area contributed by atoms with Crippen LogP contribution in [0.2, 0.25) is 0 Å². The first-order valence-electron chi connectivity index (χ1n) is 0.695. The number of hydrogen-bond donors (Lipinski definition) is 1. The van der Waals surface area contributed by atoms with Crippen molar-refractivity contribution in [2.75, 3.05) is 0 Å². The van der Waals surface area contributed by atoms with Crippen LogP contribution >= 0.6 is 0 Å². The molecule has 0 fully saturated rings. The lowest BCUT2D eigenvalue weighted by Gasteiger charge is -1.70. The molecule has 0 aliphatic heterocycles. The molecular weight excluding hydrogens is 82.0 g/mol. The summed E-state index contributed by atoms with van der Waals surface area (Å²) >= 11 is 0. The molecule has 4 heteroatoms. The Kier molecular flexibility index (Phi) is 6.68. The van der Waals surface area contributed by atoms with Crippen molar-refractivity contribution in [3.8, 4) is 0 Å². The zero-order valence-electron chi connectivity index (χ0n) is 2.28. The molecule has 0 aromatic heterocycles. The van der Waals surface area contributed by atoms with E-state index in [0.717, 1.165) is 0 Å². The van der Waals surface area contributed by atoms with Gasteiger partial charge in [-0.3, -0.25) is 0 Å². The molecule has 0 aliphatic carbocycles. The van der Waals surface area contributed by atoms with Gasteiger partial charge in [0.25, 0.3) is 0 Å². The number of halogens is 2. The average Bonchev–Trinajstić information content (AvgIpc) is 0.811. The number of rotatable bonds is 0. The Hall–Kier alpha value is -0.220. The van der Waals surface area contributed by atoms with Crippen molar-refractivity contribution >= 4 is 0 Å². The molecule has 0 aromatic carbocycles. The molecule has 2 nitrogen and oxygen atoms in total. The smallest absolute Gasteiger partial charge is 0.342 e. The van der Waals surface area contributed by atoms with E-state index in [2.05, 4.69) is 0 Å². The second-order valence-electron chi connectivity index (χ2n) is 0.278. The van der Waals surface area contributed by atoms with Gasteiger partial charge in [0, 0.05) is 0 Å². The van der Waals surface area contributed by atoms with Crippen LogP contribution in [0, 0.1) is 0 Å². The van der Waals surface area contributed by atoms with E-state index >= 15 is 0 Å². The Morgan fingerprint density at radius 3 is 1.40 bits per heavy atom. The summed E-state index contributed by atoms with van der Waals surface area (Å²) in [4.78, 5) is 0. The average molecular weight is 86.0 g/mol. The molecule has 0 radical (unpaired) electrons. The van der Waals surface area contributed by atoms with E-state index in [1.807, 2.05) is 0 Å². The summed E-state index contributed by atoms with van der Waals surface area (Å²) in [6, 6.07) is 0. The van der Waals surface area contributed by atoms with Gasteiger partial charge in [-0.15, -0.1) is 0 Å². The van der Waals surface area contributed by atoms with E-state index in [9.17, 15) is 8.78 Å². The minimum absolute atomic E-state index is 0. The summed E-state index contributed by atoms with van der Waals surface area (Å²) < 4.78 is 19.8. The van der Waals surface area contributed by atoms with Crippen molar-refractivity contribution in [3.05, 3.63) is 0 Å². The predicted octanol–water partition coefficient (Wildman–Crippen LogP) is -0.623. The highest BCUT2D eigenvalue weighted by molar-refractivity contribution is 3.81. The standard InChI is InChI=1S/CH2F2O.H2O/c2-1(3)4;/h1,4H;1H2. The predicted molar refractivity (Wildman–Crippen MR) is 11.8 cm³/mol. The van der Waals surface area contributed by atoms with Crippen LogP contribution in [-0.4, -0.2) is 17.2 Å². The van der Waals surface area contributed by atoms with Crippen molar-refractivity contribution in [3.63, 3.8) is 0 Å². The summed E-state index contributed by atoms with van der Waals surface area (Å²) in [6.07, 6.45) is 0. The van der Waals surface area contributed by atoms with Gasteiger partial charge in [-0.25, -0.2) is 0 Å². The van der Waals surface area contributed by atoms with Crippen LogP contribution in [0.4, 0.5) is 8.78 Å². The van der Waals surface area contributed by atoms with E-state index in [0.29, 0.717) is 0 Å². The largest absolute Gasteiger partial charge is 0.412 e. The molecule has 5 heavy (non-hydrogen) atoms. The molecule has 0 atom stereocenters. The van der Waals surface area contributed by atoms with Crippen molar-refractivity contribution in [2.45, 2.75) is 6.61 Å². The van der Waals surface area contributed by atoms with Gasteiger partial charge >= 0.3 is 6.61 Å². The number of aliphatic hydroxyl groups excluding tert-OH is 1. The molecular formula is CH4F2O2. The zero-order chi connectivity index (χ0) is 3.58. The van der Waals surface area contributed by atoms with Gasteiger partial charge in [-0.1, -0.05) is 0 Å². The molecule has 0 aliphatic rings. The van der Waals surface area contributed by atoms with Gasteiger partial charge in [0.1, 0.15) is 0 Å². The highest BCUT2D eigenvalue weighted by Crippen LogP contribution is 1.77. The number of alkyl halides is 2. The van der Waals surface area contributed by atoms with E-state index in [4.69, 9.17) is 5.11 Å². The van der Waals surface area contributed by atoms with Crippen molar-refractivity contribution in [2.24, 2.45) is 0 Å². The van der Waals surface area contributed by atoms with Gasteiger partial charge in [0.2, 0.25) is 0 Å². The Morgan fingerprint density at radius 1 is 1.40 bits per heavy atom. The fourth-order valence-electron chi connectivity index (χ4n) is 0. The molecule has 0 saturated carbocycles. The number of hydrogen-bond acceptors (Lipinski definition) is 1. The summed E-state index contributed by atoms with van der Waals surface area (Å²) in [7, 11) is 0. The maximum Gasteiger partial charge on any atom is 0.342 e. The molecule has 3 N–H and O–H groups in total. The van der Waals surface area contributed by atoms with Gasteiger partial charge in [-0.05, 0) is 0 Å². The molecule has 0 heterocycles. The molecule has 0 aromatic rings. The van der Waals surface area contributed by atoms with Crippen LogP contribution in [0.15, 0.2) is 0 Å². The lowest BCUT2D eigenvalue weighted by Crippen LogP contribution is -1.78. The Bertz CT molecular complexity index is 12.4. The van der Waals surface area contributed by atoms with Crippen molar-refractivity contribution in [1.29, 1.82) is 0 Å². The first-order chi connectivity index (χ1) is 1.73. The van der Waals surface area contributed by atoms with Crippen LogP contribution in [0.25, 0.3) is 0 Å². The maximum atomic E-state index is 9.89. The molecule has 0 unspecified atom stereocenters.